The Bertz CT molecular complexity index is 527. The zero-order valence-electron chi connectivity index (χ0n) is 10.5. The van der Waals surface area contributed by atoms with Crippen LogP contribution in [-0.2, 0) is 0 Å². The Morgan fingerprint density at radius 2 is 1.71 bits per heavy atom. The van der Waals surface area contributed by atoms with Gasteiger partial charge in [-0.15, -0.1) is 0 Å². The highest BCUT2D eigenvalue weighted by molar-refractivity contribution is 5.67. The summed E-state index contributed by atoms with van der Waals surface area (Å²) in [6, 6.07) is 13.4. The Morgan fingerprint density at radius 1 is 1.00 bits per heavy atom. The maximum Gasteiger partial charge on any atom is 0.124 e. The molecule has 0 bridgehead atoms. The Kier molecular flexibility index (Phi) is 3.28. The minimum Gasteiger partial charge on any atom is -0.207 e. The summed E-state index contributed by atoms with van der Waals surface area (Å²) in [6.45, 7) is 6.21. The Morgan fingerprint density at radius 3 is 2.35 bits per heavy atom. The van der Waals surface area contributed by atoms with Crippen molar-refractivity contribution in [3.63, 3.8) is 0 Å². The second-order valence-electron chi connectivity index (χ2n) is 4.74. The summed E-state index contributed by atoms with van der Waals surface area (Å²) in [5, 5.41) is 0. The SMILES string of the molecule is Cc1ccccc1-c1cc(F)cc(C(C)C)c1. The first-order valence-corrected chi connectivity index (χ1v) is 5.94. The van der Waals surface area contributed by atoms with Gasteiger partial charge in [0.05, 0.1) is 0 Å². The van der Waals surface area contributed by atoms with Gasteiger partial charge in [-0.1, -0.05) is 44.2 Å². The van der Waals surface area contributed by atoms with E-state index in [1.165, 1.54) is 5.56 Å². The molecule has 0 saturated heterocycles. The van der Waals surface area contributed by atoms with E-state index in [1.807, 2.05) is 18.2 Å². The van der Waals surface area contributed by atoms with Gasteiger partial charge in [-0.3, -0.25) is 0 Å². The molecule has 1 heteroatoms. The summed E-state index contributed by atoms with van der Waals surface area (Å²) >= 11 is 0. The van der Waals surface area contributed by atoms with Gasteiger partial charge in [0.2, 0.25) is 0 Å². The molecule has 0 spiro atoms. The molecule has 0 nitrogen and oxygen atoms in total. The molecule has 0 saturated carbocycles. The van der Waals surface area contributed by atoms with Crippen molar-refractivity contribution in [2.45, 2.75) is 26.7 Å². The van der Waals surface area contributed by atoms with Crippen LogP contribution >= 0.6 is 0 Å². The van der Waals surface area contributed by atoms with E-state index in [0.29, 0.717) is 5.92 Å². The second kappa shape index (κ2) is 4.70. The molecule has 0 aliphatic rings. The zero-order valence-corrected chi connectivity index (χ0v) is 10.5. The van der Waals surface area contributed by atoms with Gasteiger partial charge in [-0.25, -0.2) is 4.39 Å². The Hall–Kier alpha value is -1.63. The molecular weight excluding hydrogens is 211 g/mol. The lowest BCUT2D eigenvalue weighted by atomic mass is 9.95. The number of benzene rings is 2. The quantitative estimate of drug-likeness (QED) is 0.684. The zero-order chi connectivity index (χ0) is 12.4. The molecule has 17 heavy (non-hydrogen) atoms. The predicted molar refractivity (Wildman–Crippen MR) is 70.7 cm³/mol. The van der Waals surface area contributed by atoms with Crippen LogP contribution in [0.1, 0.15) is 30.9 Å². The average Bonchev–Trinajstić information content (AvgIpc) is 2.28. The fraction of sp³-hybridized carbons (Fsp3) is 0.250. The molecule has 88 valence electrons. The summed E-state index contributed by atoms with van der Waals surface area (Å²) in [5.41, 5.74) is 4.29. The molecule has 2 rings (SSSR count). The van der Waals surface area contributed by atoms with Gasteiger partial charge < -0.3 is 0 Å². The lowest BCUT2D eigenvalue weighted by Crippen LogP contribution is -1.92. The predicted octanol–water partition coefficient (Wildman–Crippen LogP) is 4.92. The van der Waals surface area contributed by atoms with Crippen LogP contribution < -0.4 is 0 Å². The first kappa shape index (κ1) is 11.8. The van der Waals surface area contributed by atoms with Crippen molar-refractivity contribution in [1.29, 1.82) is 0 Å². The molecule has 0 aromatic heterocycles. The third kappa shape index (κ3) is 2.55. The van der Waals surface area contributed by atoms with E-state index in [-0.39, 0.29) is 5.82 Å². The minimum absolute atomic E-state index is 0.158. The summed E-state index contributed by atoms with van der Waals surface area (Å²) in [6.07, 6.45) is 0. The highest BCUT2D eigenvalue weighted by Gasteiger charge is 2.07. The molecule has 0 atom stereocenters. The number of aryl methyl sites for hydroxylation is 1. The Labute approximate surface area is 102 Å². The fourth-order valence-corrected chi connectivity index (χ4v) is 2.00. The molecule has 0 aliphatic heterocycles. The van der Waals surface area contributed by atoms with Gasteiger partial charge in [0.1, 0.15) is 5.82 Å². The lowest BCUT2D eigenvalue weighted by Gasteiger charge is -2.11. The number of hydrogen-bond acceptors (Lipinski definition) is 0. The van der Waals surface area contributed by atoms with Crippen molar-refractivity contribution in [3.8, 4) is 11.1 Å². The normalized spacial score (nSPS) is 10.9. The van der Waals surface area contributed by atoms with E-state index < -0.39 is 0 Å². The fourth-order valence-electron chi connectivity index (χ4n) is 2.00. The highest BCUT2D eigenvalue weighted by Crippen LogP contribution is 2.27. The molecular formula is C16H17F. The van der Waals surface area contributed by atoms with E-state index in [4.69, 9.17) is 0 Å². The van der Waals surface area contributed by atoms with Crippen molar-refractivity contribution in [2.75, 3.05) is 0 Å². The molecule has 2 aromatic rings. The third-order valence-corrected chi connectivity index (χ3v) is 3.04. The molecule has 0 heterocycles. The smallest absolute Gasteiger partial charge is 0.124 e. The van der Waals surface area contributed by atoms with Gasteiger partial charge in [-0.2, -0.15) is 0 Å². The largest absolute Gasteiger partial charge is 0.207 e. The van der Waals surface area contributed by atoms with Crippen LogP contribution in [0.5, 0.6) is 0 Å². The van der Waals surface area contributed by atoms with Gasteiger partial charge >= 0.3 is 0 Å². The number of halogens is 1. The van der Waals surface area contributed by atoms with Crippen molar-refractivity contribution in [1.82, 2.24) is 0 Å². The van der Waals surface area contributed by atoms with Crippen LogP contribution in [0.4, 0.5) is 4.39 Å². The second-order valence-corrected chi connectivity index (χ2v) is 4.74. The van der Waals surface area contributed by atoms with Gasteiger partial charge in [0.25, 0.3) is 0 Å². The molecule has 0 fully saturated rings. The van der Waals surface area contributed by atoms with Gasteiger partial charge in [-0.05, 0) is 47.2 Å². The van der Waals surface area contributed by atoms with Crippen LogP contribution in [0.25, 0.3) is 11.1 Å². The van der Waals surface area contributed by atoms with E-state index in [0.717, 1.165) is 16.7 Å². The lowest BCUT2D eigenvalue weighted by molar-refractivity contribution is 0.624. The van der Waals surface area contributed by atoms with Gasteiger partial charge in [0.15, 0.2) is 0 Å². The van der Waals surface area contributed by atoms with Crippen LogP contribution in [0.2, 0.25) is 0 Å². The summed E-state index contributed by atoms with van der Waals surface area (Å²) < 4.78 is 13.6. The van der Waals surface area contributed by atoms with E-state index in [9.17, 15) is 4.39 Å². The van der Waals surface area contributed by atoms with Crippen LogP contribution in [0.3, 0.4) is 0 Å². The topological polar surface area (TPSA) is 0 Å². The van der Waals surface area contributed by atoms with Crippen molar-refractivity contribution in [3.05, 3.63) is 59.4 Å². The monoisotopic (exact) mass is 228 g/mol. The van der Waals surface area contributed by atoms with E-state index in [2.05, 4.69) is 32.9 Å². The third-order valence-electron chi connectivity index (χ3n) is 3.04. The summed E-state index contributed by atoms with van der Waals surface area (Å²) in [4.78, 5) is 0. The van der Waals surface area contributed by atoms with Crippen molar-refractivity contribution < 1.29 is 4.39 Å². The summed E-state index contributed by atoms with van der Waals surface area (Å²) in [7, 11) is 0. The van der Waals surface area contributed by atoms with Crippen LogP contribution in [0, 0.1) is 12.7 Å². The molecule has 0 unspecified atom stereocenters. The number of rotatable bonds is 2. The van der Waals surface area contributed by atoms with E-state index in [1.54, 1.807) is 12.1 Å². The van der Waals surface area contributed by atoms with Crippen LogP contribution in [-0.4, -0.2) is 0 Å². The van der Waals surface area contributed by atoms with E-state index >= 15 is 0 Å². The Balaban J connectivity index is 2.56. The standard InChI is InChI=1S/C16H17F/c1-11(2)13-8-14(10-15(17)9-13)16-7-5-4-6-12(16)3/h4-11H,1-3H3. The molecule has 0 N–H and O–H groups in total. The molecule has 0 aliphatic carbocycles. The average molecular weight is 228 g/mol. The maximum absolute atomic E-state index is 13.6. The molecule has 2 aromatic carbocycles. The van der Waals surface area contributed by atoms with Crippen molar-refractivity contribution >= 4 is 0 Å². The number of hydrogen-bond donors (Lipinski definition) is 0. The maximum atomic E-state index is 13.6. The highest BCUT2D eigenvalue weighted by atomic mass is 19.1. The minimum atomic E-state index is -0.158. The summed E-state index contributed by atoms with van der Waals surface area (Å²) in [5.74, 6) is 0.183. The first-order valence-electron chi connectivity index (χ1n) is 5.94. The van der Waals surface area contributed by atoms with Crippen LogP contribution in [0.15, 0.2) is 42.5 Å². The first-order chi connectivity index (χ1) is 8.08. The molecule has 0 radical (unpaired) electrons. The van der Waals surface area contributed by atoms with Crippen molar-refractivity contribution in [2.24, 2.45) is 0 Å². The van der Waals surface area contributed by atoms with Gasteiger partial charge in [0, 0.05) is 0 Å². The molecule has 0 amide bonds.